The molecule has 1 aromatic rings. The van der Waals surface area contributed by atoms with Crippen molar-refractivity contribution in [3.8, 4) is 5.75 Å². The standard InChI is InChI=1S/C16H25BrN2O/c1-4-19(14-6-7-14)10-9-18-12(2)13-5-8-16(20-3)15(17)11-13/h5,8,11-12,14,18H,4,6-7,9-10H2,1-3H3. The Bertz CT molecular complexity index is 434. The van der Waals surface area contributed by atoms with Crippen molar-refractivity contribution < 1.29 is 4.74 Å². The molecule has 1 saturated carbocycles. The SMILES string of the molecule is CCN(CCNC(C)c1ccc(OC)c(Br)c1)C1CC1. The number of likely N-dealkylation sites (N-methyl/N-ethyl adjacent to an activating group) is 1. The Kier molecular flexibility index (Phi) is 5.87. The van der Waals surface area contributed by atoms with Crippen molar-refractivity contribution in [2.45, 2.75) is 38.8 Å². The first-order valence-electron chi connectivity index (χ1n) is 7.46. The lowest BCUT2D eigenvalue weighted by Crippen LogP contribution is -2.34. The van der Waals surface area contributed by atoms with Crippen molar-refractivity contribution in [1.82, 2.24) is 10.2 Å². The van der Waals surface area contributed by atoms with Crippen LogP contribution in [0.2, 0.25) is 0 Å². The summed E-state index contributed by atoms with van der Waals surface area (Å²) in [7, 11) is 1.69. The van der Waals surface area contributed by atoms with E-state index >= 15 is 0 Å². The molecule has 1 N–H and O–H groups in total. The summed E-state index contributed by atoms with van der Waals surface area (Å²) in [5, 5.41) is 3.61. The molecule has 1 unspecified atom stereocenters. The largest absolute Gasteiger partial charge is 0.496 e. The first-order valence-corrected chi connectivity index (χ1v) is 8.25. The van der Waals surface area contributed by atoms with Crippen LogP contribution in [-0.2, 0) is 0 Å². The van der Waals surface area contributed by atoms with Gasteiger partial charge in [0.1, 0.15) is 5.75 Å². The van der Waals surface area contributed by atoms with Gasteiger partial charge in [-0.05, 0) is 59.9 Å². The van der Waals surface area contributed by atoms with E-state index in [1.54, 1.807) is 7.11 Å². The number of hydrogen-bond donors (Lipinski definition) is 1. The second-order valence-corrected chi connectivity index (χ2v) is 6.28. The molecule has 1 aliphatic rings. The Balaban J connectivity index is 1.81. The van der Waals surface area contributed by atoms with E-state index in [0.29, 0.717) is 6.04 Å². The minimum atomic E-state index is 0.357. The molecule has 4 heteroatoms. The van der Waals surface area contributed by atoms with Crippen molar-refractivity contribution in [2.24, 2.45) is 0 Å². The van der Waals surface area contributed by atoms with Crippen LogP contribution in [0, 0.1) is 0 Å². The highest BCUT2D eigenvalue weighted by Gasteiger charge is 2.27. The van der Waals surface area contributed by atoms with Gasteiger partial charge in [-0.3, -0.25) is 4.90 Å². The minimum Gasteiger partial charge on any atom is -0.496 e. The lowest BCUT2D eigenvalue weighted by molar-refractivity contribution is 0.273. The summed E-state index contributed by atoms with van der Waals surface area (Å²) in [4.78, 5) is 2.57. The summed E-state index contributed by atoms with van der Waals surface area (Å²) in [6, 6.07) is 7.48. The molecule has 0 amide bonds. The number of hydrogen-bond acceptors (Lipinski definition) is 3. The number of methoxy groups -OCH3 is 1. The molecule has 1 aliphatic carbocycles. The molecule has 0 heterocycles. The Labute approximate surface area is 130 Å². The Morgan fingerprint density at radius 1 is 1.45 bits per heavy atom. The highest BCUT2D eigenvalue weighted by Crippen LogP contribution is 2.28. The van der Waals surface area contributed by atoms with Crippen LogP contribution in [0.1, 0.15) is 38.3 Å². The zero-order chi connectivity index (χ0) is 14.5. The number of rotatable bonds is 8. The fourth-order valence-electron chi connectivity index (χ4n) is 2.53. The van der Waals surface area contributed by atoms with Gasteiger partial charge in [-0.1, -0.05) is 13.0 Å². The van der Waals surface area contributed by atoms with Crippen molar-refractivity contribution in [3.63, 3.8) is 0 Å². The molecule has 3 nitrogen and oxygen atoms in total. The molecule has 0 spiro atoms. The van der Waals surface area contributed by atoms with Gasteiger partial charge in [0.2, 0.25) is 0 Å². The average Bonchev–Trinajstić information content (AvgIpc) is 3.27. The molecular weight excluding hydrogens is 316 g/mol. The third kappa shape index (κ3) is 4.21. The maximum absolute atomic E-state index is 5.27. The van der Waals surface area contributed by atoms with E-state index in [2.05, 4.69) is 52.1 Å². The maximum Gasteiger partial charge on any atom is 0.133 e. The number of nitrogens with one attached hydrogen (secondary N) is 1. The highest BCUT2D eigenvalue weighted by molar-refractivity contribution is 9.10. The van der Waals surface area contributed by atoms with Crippen molar-refractivity contribution in [2.75, 3.05) is 26.7 Å². The van der Waals surface area contributed by atoms with Crippen LogP contribution in [0.5, 0.6) is 5.75 Å². The Morgan fingerprint density at radius 3 is 2.75 bits per heavy atom. The lowest BCUT2D eigenvalue weighted by Gasteiger charge is -2.22. The third-order valence-corrected chi connectivity index (χ3v) is 4.61. The smallest absolute Gasteiger partial charge is 0.133 e. The average molecular weight is 341 g/mol. The molecule has 0 bridgehead atoms. The number of benzene rings is 1. The van der Waals surface area contributed by atoms with Crippen molar-refractivity contribution in [1.29, 1.82) is 0 Å². The van der Waals surface area contributed by atoms with Crippen LogP contribution in [0.15, 0.2) is 22.7 Å². The summed E-state index contributed by atoms with van der Waals surface area (Å²) in [6.07, 6.45) is 2.77. The van der Waals surface area contributed by atoms with Crippen LogP contribution >= 0.6 is 15.9 Å². The molecular formula is C16H25BrN2O. The fourth-order valence-corrected chi connectivity index (χ4v) is 3.09. The first kappa shape index (κ1) is 15.8. The van der Waals surface area contributed by atoms with E-state index in [1.807, 2.05) is 6.07 Å². The van der Waals surface area contributed by atoms with Gasteiger partial charge in [0, 0.05) is 25.2 Å². The van der Waals surface area contributed by atoms with Crippen LogP contribution in [-0.4, -0.2) is 37.7 Å². The second kappa shape index (κ2) is 7.43. The summed E-state index contributed by atoms with van der Waals surface area (Å²) in [5.74, 6) is 0.881. The molecule has 0 aliphatic heterocycles. The molecule has 0 radical (unpaired) electrons. The summed E-state index contributed by atoms with van der Waals surface area (Å²) in [6.45, 7) is 7.80. The van der Waals surface area contributed by atoms with Gasteiger partial charge < -0.3 is 10.1 Å². The lowest BCUT2D eigenvalue weighted by atomic mass is 10.1. The number of halogens is 1. The third-order valence-electron chi connectivity index (χ3n) is 3.99. The van der Waals surface area contributed by atoms with E-state index in [9.17, 15) is 0 Å². The summed E-state index contributed by atoms with van der Waals surface area (Å²) < 4.78 is 6.28. The van der Waals surface area contributed by atoms with Crippen LogP contribution in [0.25, 0.3) is 0 Å². The van der Waals surface area contributed by atoms with Crippen molar-refractivity contribution in [3.05, 3.63) is 28.2 Å². The van der Waals surface area contributed by atoms with Gasteiger partial charge in [-0.2, -0.15) is 0 Å². The van der Waals surface area contributed by atoms with Gasteiger partial charge in [0.25, 0.3) is 0 Å². The van der Waals surface area contributed by atoms with Gasteiger partial charge in [-0.15, -0.1) is 0 Å². The van der Waals surface area contributed by atoms with Gasteiger partial charge >= 0.3 is 0 Å². The number of ether oxygens (including phenoxy) is 1. The topological polar surface area (TPSA) is 24.5 Å². The van der Waals surface area contributed by atoms with E-state index in [0.717, 1.165) is 35.9 Å². The fraction of sp³-hybridized carbons (Fsp3) is 0.625. The molecule has 1 atom stereocenters. The second-order valence-electron chi connectivity index (χ2n) is 5.43. The minimum absolute atomic E-state index is 0.357. The predicted octanol–water partition coefficient (Wildman–Crippen LogP) is 3.59. The molecule has 0 saturated heterocycles. The molecule has 112 valence electrons. The normalized spacial score (nSPS) is 16.4. The van der Waals surface area contributed by atoms with Crippen LogP contribution in [0.3, 0.4) is 0 Å². The van der Waals surface area contributed by atoms with Crippen LogP contribution in [0.4, 0.5) is 0 Å². The molecule has 1 fully saturated rings. The monoisotopic (exact) mass is 340 g/mol. The molecule has 1 aromatic carbocycles. The number of nitrogens with zero attached hydrogens (tertiary/aromatic N) is 1. The van der Waals surface area contributed by atoms with E-state index in [-0.39, 0.29) is 0 Å². The highest BCUT2D eigenvalue weighted by atomic mass is 79.9. The maximum atomic E-state index is 5.27. The van der Waals surface area contributed by atoms with Gasteiger partial charge in [0.05, 0.1) is 11.6 Å². The van der Waals surface area contributed by atoms with E-state index in [4.69, 9.17) is 4.74 Å². The molecule has 2 rings (SSSR count). The first-order chi connectivity index (χ1) is 9.65. The Hall–Kier alpha value is -0.580. The van der Waals surface area contributed by atoms with Crippen molar-refractivity contribution >= 4 is 15.9 Å². The quantitative estimate of drug-likeness (QED) is 0.782. The zero-order valence-corrected chi connectivity index (χ0v) is 14.2. The predicted molar refractivity (Wildman–Crippen MR) is 87.4 cm³/mol. The summed E-state index contributed by atoms with van der Waals surface area (Å²) >= 11 is 3.54. The van der Waals surface area contributed by atoms with E-state index in [1.165, 1.54) is 18.4 Å². The van der Waals surface area contributed by atoms with Gasteiger partial charge in [-0.25, -0.2) is 0 Å². The molecule has 20 heavy (non-hydrogen) atoms. The van der Waals surface area contributed by atoms with Crippen LogP contribution < -0.4 is 10.1 Å². The zero-order valence-electron chi connectivity index (χ0n) is 12.7. The summed E-state index contributed by atoms with van der Waals surface area (Å²) in [5.41, 5.74) is 1.28. The van der Waals surface area contributed by atoms with E-state index < -0.39 is 0 Å². The van der Waals surface area contributed by atoms with Gasteiger partial charge in [0.15, 0.2) is 0 Å². The Morgan fingerprint density at radius 2 is 2.20 bits per heavy atom. The molecule has 0 aromatic heterocycles.